The number of methoxy groups -OCH3 is 1. The molecule has 3 heterocycles. The number of para-hydroxylation sites is 1. The molecule has 0 atom stereocenters. The third-order valence-electron chi connectivity index (χ3n) is 4.93. The van der Waals surface area contributed by atoms with Crippen molar-refractivity contribution in [1.29, 1.82) is 0 Å². The Morgan fingerprint density at radius 2 is 1.87 bits per heavy atom. The van der Waals surface area contributed by atoms with Crippen LogP contribution in [0.15, 0.2) is 79.5 Å². The number of aromatic nitrogens is 5. The van der Waals surface area contributed by atoms with Gasteiger partial charge in [0.2, 0.25) is 0 Å². The molecular weight excluding hydrogens is 376 g/mol. The van der Waals surface area contributed by atoms with Crippen molar-refractivity contribution in [2.24, 2.45) is 0 Å². The van der Waals surface area contributed by atoms with Gasteiger partial charge in [0, 0.05) is 24.1 Å². The zero-order valence-electron chi connectivity index (χ0n) is 16.6. The van der Waals surface area contributed by atoms with E-state index in [-0.39, 0.29) is 0 Å². The second kappa shape index (κ2) is 7.36. The molecule has 7 nitrogen and oxygen atoms in total. The Morgan fingerprint density at radius 1 is 1.00 bits per heavy atom. The van der Waals surface area contributed by atoms with E-state index in [4.69, 9.17) is 4.74 Å². The second-order valence-corrected chi connectivity index (χ2v) is 6.92. The molecule has 0 aliphatic heterocycles. The highest BCUT2D eigenvalue weighted by Gasteiger charge is 2.12. The fourth-order valence-electron chi connectivity index (χ4n) is 3.49. The van der Waals surface area contributed by atoms with Crippen LogP contribution in [0.5, 0.6) is 5.75 Å². The average Bonchev–Trinajstić information content (AvgIpc) is 3.41. The molecule has 0 spiro atoms. The number of aryl methyl sites for hydroxylation is 1. The van der Waals surface area contributed by atoms with E-state index in [1.807, 2.05) is 83.2 Å². The largest absolute Gasteiger partial charge is 0.494 e. The van der Waals surface area contributed by atoms with Crippen LogP contribution in [0.25, 0.3) is 22.3 Å². The van der Waals surface area contributed by atoms with Crippen LogP contribution < -0.4 is 10.1 Å². The number of hydrogen-bond donors (Lipinski definition) is 1. The van der Waals surface area contributed by atoms with Gasteiger partial charge in [0.15, 0.2) is 0 Å². The SMILES string of the molecule is COc1cc(Nc2nccc3c2cnn3-c2ccccc2)ccc1-n1cnc(C)c1. The summed E-state index contributed by atoms with van der Waals surface area (Å²) in [5.74, 6) is 1.48. The van der Waals surface area contributed by atoms with Crippen LogP contribution in [0.1, 0.15) is 5.69 Å². The summed E-state index contributed by atoms with van der Waals surface area (Å²) in [6.45, 7) is 1.96. The number of hydrogen-bond acceptors (Lipinski definition) is 5. The highest BCUT2D eigenvalue weighted by Crippen LogP contribution is 2.30. The molecule has 0 aliphatic carbocycles. The minimum absolute atomic E-state index is 0.739. The van der Waals surface area contributed by atoms with Crippen LogP contribution >= 0.6 is 0 Å². The maximum absolute atomic E-state index is 5.61. The van der Waals surface area contributed by atoms with Crippen molar-refractivity contribution in [2.75, 3.05) is 12.4 Å². The summed E-state index contributed by atoms with van der Waals surface area (Å²) in [4.78, 5) is 8.82. The predicted octanol–water partition coefficient (Wildman–Crippen LogP) is 4.67. The first kappa shape index (κ1) is 17.9. The number of nitrogens with one attached hydrogen (secondary N) is 1. The molecule has 3 aromatic heterocycles. The van der Waals surface area contributed by atoms with Crippen LogP contribution in [0.2, 0.25) is 0 Å². The van der Waals surface area contributed by atoms with Crippen LogP contribution in [0.3, 0.4) is 0 Å². The minimum atomic E-state index is 0.739. The van der Waals surface area contributed by atoms with Crippen LogP contribution in [0.4, 0.5) is 11.5 Å². The smallest absolute Gasteiger partial charge is 0.144 e. The first-order chi connectivity index (χ1) is 14.7. The zero-order chi connectivity index (χ0) is 20.5. The first-order valence-electron chi connectivity index (χ1n) is 9.57. The minimum Gasteiger partial charge on any atom is -0.494 e. The molecule has 148 valence electrons. The number of fused-ring (bicyclic) bond motifs is 1. The summed E-state index contributed by atoms with van der Waals surface area (Å²) in [6, 6.07) is 18.0. The lowest BCUT2D eigenvalue weighted by atomic mass is 10.2. The van der Waals surface area contributed by atoms with Gasteiger partial charge in [0.25, 0.3) is 0 Å². The molecule has 0 saturated heterocycles. The van der Waals surface area contributed by atoms with Crippen molar-refractivity contribution in [2.45, 2.75) is 6.92 Å². The monoisotopic (exact) mass is 396 g/mol. The quantitative estimate of drug-likeness (QED) is 0.468. The molecule has 0 radical (unpaired) electrons. The molecule has 7 heteroatoms. The molecule has 0 amide bonds. The number of imidazole rings is 1. The van der Waals surface area contributed by atoms with E-state index in [0.29, 0.717) is 0 Å². The number of anilines is 2. The standard InChI is InChI=1S/C23H20N6O/c1-16-14-28(15-25-16)21-9-8-17(12-22(21)30-2)27-23-19-13-26-29(20(19)10-11-24-23)18-6-4-3-5-7-18/h3-15H,1-2H3,(H,24,27). The maximum Gasteiger partial charge on any atom is 0.144 e. The molecule has 2 aromatic carbocycles. The third kappa shape index (κ3) is 3.16. The van der Waals surface area contributed by atoms with E-state index in [0.717, 1.165) is 45.2 Å². The Labute approximate surface area is 173 Å². The van der Waals surface area contributed by atoms with Gasteiger partial charge in [-0.25, -0.2) is 14.6 Å². The predicted molar refractivity (Wildman–Crippen MR) is 117 cm³/mol. The van der Waals surface area contributed by atoms with E-state index >= 15 is 0 Å². The molecule has 0 fully saturated rings. The van der Waals surface area contributed by atoms with Crippen molar-refractivity contribution in [1.82, 2.24) is 24.3 Å². The topological polar surface area (TPSA) is 69.8 Å². The highest BCUT2D eigenvalue weighted by molar-refractivity contribution is 5.91. The van der Waals surface area contributed by atoms with Crippen LogP contribution in [0, 0.1) is 6.92 Å². The molecular formula is C23H20N6O. The Bertz CT molecular complexity index is 1320. The van der Waals surface area contributed by atoms with Crippen molar-refractivity contribution in [3.63, 3.8) is 0 Å². The zero-order valence-corrected chi connectivity index (χ0v) is 16.6. The van der Waals surface area contributed by atoms with E-state index in [2.05, 4.69) is 20.4 Å². The molecule has 0 bridgehead atoms. The lowest BCUT2D eigenvalue weighted by Crippen LogP contribution is -1.99. The molecule has 1 N–H and O–H groups in total. The average molecular weight is 396 g/mol. The summed E-state index contributed by atoms with van der Waals surface area (Å²) in [5, 5.41) is 8.90. The molecule has 30 heavy (non-hydrogen) atoms. The van der Waals surface area contributed by atoms with Crippen LogP contribution in [-0.4, -0.2) is 31.4 Å². The van der Waals surface area contributed by atoms with E-state index in [9.17, 15) is 0 Å². The molecule has 0 saturated carbocycles. The van der Waals surface area contributed by atoms with Gasteiger partial charge >= 0.3 is 0 Å². The Morgan fingerprint density at radius 3 is 2.63 bits per heavy atom. The van der Waals surface area contributed by atoms with E-state index in [1.165, 1.54) is 0 Å². The lowest BCUT2D eigenvalue weighted by Gasteiger charge is -2.13. The van der Waals surface area contributed by atoms with Crippen molar-refractivity contribution in [3.05, 3.63) is 85.2 Å². The Kier molecular flexibility index (Phi) is 4.40. The summed E-state index contributed by atoms with van der Waals surface area (Å²) < 4.78 is 9.47. The van der Waals surface area contributed by atoms with E-state index < -0.39 is 0 Å². The fraction of sp³-hybridized carbons (Fsp3) is 0.0870. The van der Waals surface area contributed by atoms with Crippen molar-refractivity contribution in [3.8, 4) is 17.1 Å². The summed E-state index contributed by atoms with van der Waals surface area (Å²) in [7, 11) is 1.66. The normalized spacial score (nSPS) is 11.0. The van der Waals surface area contributed by atoms with Crippen molar-refractivity contribution < 1.29 is 4.74 Å². The van der Waals surface area contributed by atoms with E-state index in [1.54, 1.807) is 19.6 Å². The number of rotatable bonds is 5. The van der Waals surface area contributed by atoms with Gasteiger partial charge in [-0.1, -0.05) is 18.2 Å². The summed E-state index contributed by atoms with van der Waals surface area (Å²) >= 11 is 0. The third-order valence-corrected chi connectivity index (χ3v) is 4.93. The van der Waals surface area contributed by atoms with Gasteiger partial charge in [-0.3, -0.25) is 0 Å². The number of ether oxygens (including phenoxy) is 1. The molecule has 0 unspecified atom stereocenters. The molecule has 5 aromatic rings. The van der Waals surface area contributed by atoms with Gasteiger partial charge in [0.05, 0.1) is 47.6 Å². The Hall–Kier alpha value is -4.13. The highest BCUT2D eigenvalue weighted by atomic mass is 16.5. The number of benzene rings is 2. The number of pyridine rings is 1. The number of nitrogens with zero attached hydrogens (tertiary/aromatic N) is 5. The van der Waals surface area contributed by atoms with Gasteiger partial charge < -0.3 is 14.6 Å². The second-order valence-electron chi connectivity index (χ2n) is 6.92. The molecule has 5 rings (SSSR count). The first-order valence-corrected chi connectivity index (χ1v) is 9.57. The maximum atomic E-state index is 5.61. The summed E-state index contributed by atoms with van der Waals surface area (Å²) in [6.07, 6.45) is 7.36. The van der Waals surface area contributed by atoms with Gasteiger partial charge in [-0.15, -0.1) is 0 Å². The Balaban J connectivity index is 1.51. The molecule has 0 aliphatic rings. The fourth-order valence-corrected chi connectivity index (χ4v) is 3.49. The van der Waals surface area contributed by atoms with Crippen LogP contribution in [-0.2, 0) is 0 Å². The van der Waals surface area contributed by atoms with Gasteiger partial charge in [0.1, 0.15) is 11.6 Å². The van der Waals surface area contributed by atoms with Gasteiger partial charge in [-0.2, -0.15) is 5.10 Å². The van der Waals surface area contributed by atoms with Gasteiger partial charge in [-0.05, 0) is 37.3 Å². The lowest BCUT2D eigenvalue weighted by molar-refractivity contribution is 0.413. The summed E-state index contributed by atoms with van der Waals surface area (Å²) in [5.41, 5.74) is 4.74. The van der Waals surface area contributed by atoms with Crippen molar-refractivity contribution >= 4 is 22.4 Å².